The van der Waals surface area contributed by atoms with Crippen LogP contribution in [0, 0.1) is 18.7 Å². The molecule has 1 fully saturated rings. The number of benzene rings is 2. The van der Waals surface area contributed by atoms with Crippen molar-refractivity contribution in [1.29, 1.82) is 0 Å². The van der Waals surface area contributed by atoms with Crippen LogP contribution in [-0.4, -0.2) is 22.3 Å². The molecule has 1 aromatic heterocycles. The summed E-state index contributed by atoms with van der Waals surface area (Å²) in [6, 6.07) is 16.3. The minimum absolute atomic E-state index is 0.121. The fourth-order valence-electron chi connectivity index (χ4n) is 3.62. The van der Waals surface area contributed by atoms with E-state index in [2.05, 4.69) is 10.4 Å². The Balaban J connectivity index is 1.52. The van der Waals surface area contributed by atoms with E-state index in [0.717, 1.165) is 11.3 Å². The van der Waals surface area contributed by atoms with Gasteiger partial charge in [-0.2, -0.15) is 5.10 Å². The summed E-state index contributed by atoms with van der Waals surface area (Å²) >= 11 is 0. The summed E-state index contributed by atoms with van der Waals surface area (Å²) in [5.41, 5.74) is 3.33. The lowest BCUT2D eigenvalue weighted by molar-refractivity contribution is -0.121. The highest BCUT2D eigenvalue weighted by molar-refractivity contribution is 5.93. The third-order valence-electron chi connectivity index (χ3n) is 5.09. The molecular weight excluding hydrogens is 357 g/mol. The number of nitrogens with one attached hydrogen (secondary N) is 1. The van der Waals surface area contributed by atoms with Crippen molar-refractivity contribution >= 4 is 11.6 Å². The molecule has 0 radical (unpaired) electrons. The fraction of sp³-hybridized carbons (Fsp3) is 0.273. The van der Waals surface area contributed by atoms with Gasteiger partial charge in [0, 0.05) is 18.5 Å². The lowest BCUT2D eigenvalue weighted by Gasteiger charge is -2.20. The quantitative estimate of drug-likeness (QED) is 0.726. The molecule has 1 aliphatic heterocycles. The van der Waals surface area contributed by atoms with Gasteiger partial charge in [0.15, 0.2) is 0 Å². The van der Waals surface area contributed by atoms with Crippen LogP contribution in [0.25, 0.3) is 0 Å². The molecule has 1 saturated heterocycles. The Hall–Kier alpha value is -2.99. The van der Waals surface area contributed by atoms with Gasteiger partial charge in [-0.15, -0.1) is 0 Å². The second-order valence-electron chi connectivity index (χ2n) is 7.03. The van der Waals surface area contributed by atoms with Gasteiger partial charge in [-0.05, 0) is 48.7 Å². The summed E-state index contributed by atoms with van der Waals surface area (Å²) in [5.74, 6) is -0.761. The molecular formula is C22H22FN3O2. The van der Waals surface area contributed by atoms with Gasteiger partial charge in [0.25, 0.3) is 0 Å². The van der Waals surface area contributed by atoms with E-state index in [9.17, 15) is 9.18 Å². The maximum atomic E-state index is 13.3. The predicted octanol–water partition coefficient (Wildman–Crippen LogP) is 4.10. The Kier molecular flexibility index (Phi) is 5.21. The zero-order chi connectivity index (χ0) is 19.5. The van der Waals surface area contributed by atoms with Gasteiger partial charge in [0.1, 0.15) is 11.9 Å². The second-order valence-corrected chi connectivity index (χ2v) is 7.03. The van der Waals surface area contributed by atoms with E-state index < -0.39 is 0 Å². The number of hydrogen-bond acceptors (Lipinski definition) is 3. The van der Waals surface area contributed by atoms with Gasteiger partial charge >= 0.3 is 0 Å². The van der Waals surface area contributed by atoms with Crippen LogP contribution in [0.2, 0.25) is 0 Å². The first-order chi connectivity index (χ1) is 13.6. The molecule has 0 bridgehead atoms. The van der Waals surface area contributed by atoms with E-state index in [1.165, 1.54) is 12.1 Å². The summed E-state index contributed by atoms with van der Waals surface area (Å²) in [5, 5.41) is 7.35. The van der Waals surface area contributed by atoms with Gasteiger partial charge < -0.3 is 10.1 Å². The molecule has 2 heterocycles. The molecule has 28 heavy (non-hydrogen) atoms. The molecule has 2 atom stereocenters. The van der Waals surface area contributed by atoms with Crippen LogP contribution >= 0.6 is 0 Å². The molecule has 2 aromatic carbocycles. The predicted molar refractivity (Wildman–Crippen MR) is 104 cm³/mol. The van der Waals surface area contributed by atoms with E-state index in [4.69, 9.17) is 4.74 Å². The number of carbonyl (C=O) groups excluding carboxylic acids is 1. The Bertz CT molecular complexity index is 971. The second kappa shape index (κ2) is 7.94. The van der Waals surface area contributed by atoms with E-state index in [1.54, 1.807) is 19.2 Å². The van der Waals surface area contributed by atoms with Crippen molar-refractivity contribution in [2.75, 3.05) is 11.9 Å². The standard InChI is InChI=1S/C22H22FN3O2/c1-15-13-17(23)7-8-19(15)25-22(27)18-10-12-28-21(18)20-9-11-24-26(20)14-16-5-3-2-4-6-16/h2-9,11,13,18,21H,10,12,14H2,1H3,(H,25,27)/t18-,21-/m0/s1. The van der Waals surface area contributed by atoms with Crippen LogP contribution in [-0.2, 0) is 16.1 Å². The summed E-state index contributed by atoms with van der Waals surface area (Å²) in [6.45, 7) is 2.91. The molecule has 144 valence electrons. The molecule has 5 nitrogen and oxygen atoms in total. The maximum absolute atomic E-state index is 13.3. The molecule has 0 spiro atoms. The van der Waals surface area contributed by atoms with Crippen molar-refractivity contribution in [2.45, 2.75) is 26.0 Å². The summed E-state index contributed by atoms with van der Waals surface area (Å²) in [6.07, 6.45) is 2.01. The van der Waals surface area contributed by atoms with Crippen LogP contribution in [0.1, 0.15) is 29.3 Å². The molecule has 0 saturated carbocycles. The van der Waals surface area contributed by atoms with Gasteiger partial charge in [-0.3, -0.25) is 9.48 Å². The first kappa shape index (κ1) is 18.4. The van der Waals surface area contributed by atoms with Crippen LogP contribution in [0.5, 0.6) is 0 Å². The third-order valence-corrected chi connectivity index (χ3v) is 5.09. The molecule has 1 aliphatic rings. The van der Waals surface area contributed by atoms with Crippen LogP contribution in [0.15, 0.2) is 60.8 Å². The van der Waals surface area contributed by atoms with Crippen molar-refractivity contribution in [3.05, 3.63) is 83.4 Å². The minimum Gasteiger partial charge on any atom is -0.371 e. The topological polar surface area (TPSA) is 56.1 Å². The Labute approximate surface area is 163 Å². The zero-order valence-electron chi connectivity index (χ0n) is 15.6. The number of aromatic nitrogens is 2. The van der Waals surface area contributed by atoms with Gasteiger partial charge in [0.2, 0.25) is 5.91 Å². The van der Waals surface area contributed by atoms with Crippen LogP contribution in [0.3, 0.4) is 0 Å². The molecule has 0 aliphatic carbocycles. The minimum atomic E-state index is -0.355. The Morgan fingerprint density at radius 1 is 1.25 bits per heavy atom. The maximum Gasteiger partial charge on any atom is 0.230 e. The summed E-state index contributed by atoms with van der Waals surface area (Å²) in [4.78, 5) is 12.9. The number of nitrogens with zero attached hydrogens (tertiary/aromatic N) is 2. The Morgan fingerprint density at radius 3 is 2.86 bits per heavy atom. The lowest BCUT2D eigenvalue weighted by atomic mass is 9.97. The van der Waals surface area contributed by atoms with E-state index >= 15 is 0 Å². The van der Waals surface area contributed by atoms with E-state index in [0.29, 0.717) is 30.8 Å². The number of rotatable bonds is 5. The van der Waals surface area contributed by atoms with E-state index in [-0.39, 0.29) is 23.7 Å². The first-order valence-corrected chi connectivity index (χ1v) is 9.36. The number of aryl methyl sites for hydroxylation is 1. The smallest absolute Gasteiger partial charge is 0.230 e. The highest BCUT2D eigenvalue weighted by atomic mass is 19.1. The number of halogens is 1. The highest BCUT2D eigenvalue weighted by Crippen LogP contribution is 2.35. The van der Waals surface area contributed by atoms with Crippen molar-refractivity contribution in [3.8, 4) is 0 Å². The number of hydrogen-bond donors (Lipinski definition) is 1. The average molecular weight is 379 g/mol. The molecule has 0 unspecified atom stereocenters. The normalized spacial score (nSPS) is 18.9. The monoisotopic (exact) mass is 379 g/mol. The van der Waals surface area contributed by atoms with Crippen molar-refractivity contribution in [1.82, 2.24) is 9.78 Å². The third kappa shape index (κ3) is 3.82. The van der Waals surface area contributed by atoms with Gasteiger partial charge in [0.05, 0.1) is 18.2 Å². The molecule has 1 N–H and O–H groups in total. The zero-order valence-corrected chi connectivity index (χ0v) is 15.6. The molecule has 1 amide bonds. The molecule has 3 aromatic rings. The average Bonchev–Trinajstić information content (AvgIpc) is 3.34. The fourth-order valence-corrected chi connectivity index (χ4v) is 3.62. The van der Waals surface area contributed by atoms with E-state index in [1.807, 2.05) is 41.1 Å². The first-order valence-electron chi connectivity index (χ1n) is 9.36. The number of ether oxygens (including phenoxy) is 1. The van der Waals surface area contributed by atoms with Crippen LogP contribution in [0.4, 0.5) is 10.1 Å². The number of anilines is 1. The Morgan fingerprint density at radius 2 is 2.07 bits per heavy atom. The summed E-state index contributed by atoms with van der Waals surface area (Å²) in [7, 11) is 0. The molecule has 4 rings (SSSR count). The molecule has 6 heteroatoms. The lowest BCUT2D eigenvalue weighted by Crippen LogP contribution is -2.27. The van der Waals surface area contributed by atoms with Gasteiger partial charge in [-0.1, -0.05) is 30.3 Å². The SMILES string of the molecule is Cc1cc(F)ccc1NC(=O)[C@H]1CCO[C@@H]1c1ccnn1Cc1ccccc1. The number of amides is 1. The van der Waals surface area contributed by atoms with Crippen LogP contribution < -0.4 is 5.32 Å². The number of carbonyl (C=O) groups is 1. The van der Waals surface area contributed by atoms with Crippen molar-refractivity contribution in [3.63, 3.8) is 0 Å². The highest BCUT2D eigenvalue weighted by Gasteiger charge is 2.37. The largest absolute Gasteiger partial charge is 0.371 e. The van der Waals surface area contributed by atoms with Gasteiger partial charge in [-0.25, -0.2) is 4.39 Å². The van der Waals surface area contributed by atoms with Crippen molar-refractivity contribution < 1.29 is 13.9 Å². The summed E-state index contributed by atoms with van der Waals surface area (Å²) < 4.78 is 21.1. The van der Waals surface area contributed by atoms with Crippen molar-refractivity contribution in [2.24, 2.45) is 5.92 Å².